The zero-order valence-electron chi connectivity index (χ0n) is 5.30. The van der Waals surface area contributed by atoms with Gasteiger partial charge in [0.25, 0.3) is 0 Å². The topological polar surface area (TPSA) is 0 Å². The number of hydrogen-bond donors (Lipinski definition) is 0. The molecule has 0 bridgehead atoms. The molecule has 0 rings (SSSR count). The highest BCUT2D eigenvalue weighted by molar-refractivity contribution is 6.48. The van der Waals surface area contributed by atoms with Crippen LogP contribution in [0.1, 0.15) is 19.8 Å². The van der Waals surface area contributed by atoms with Crippen molar-refractivity contribution in [2.75, 3.05) is 0 Å². The molecule has 0 aliphatic heterocycles. The summed E-state index contributed by atoms with van der Waals surface area (Å²) in [5.41, 5.74) is 0. The van der Waals surface area contributed by atoms with Gasteiger partial charge in [-0.1, -0.05) is 6.92 Å². The Labute approximate surface area is 67.3 Å². The normalized spacial score (nSPS) is 13.8. The Morgan fingerprint density at radius 2 is 1.60 bits per heavy atom. The summed E-state index contributed by atoms with van der Waals surface area (Å²) in [5, 5.41) is 0. The van der Waals surface area contributed by atoms with Crippen molar-refractivity contribution >= 4 is 23.2 Å². The van der Waals surface area contributed by atoms with Crippen LogP contribution in [0.5, 0.6) is 0 Å². The molecule has 0 saturated heterocycles. The van der Waals surface area contributed by atoms with Crippen molar-refractivity contribution in [2.24, 2.45) is 0 Å². The fraction of sp³-hybridized carbons (Fsp3) is 1.00. The van der Waals surface area contributed by atoms with Crippen LogP contribution in [-0.2, 0) is 0 Å². The average molecular weight is 195 g/mol. The molecule has 0 aromatic carbocycles. The van der Waals surface area contributed by atoms with E-state index in [-0.39, 0.29) is 6.42 Å². The van der Waals surface area contributed by atoms with Gasteiger partial charge in [0.15, 0.2) is 0 Å². The number of halogens is 5. The van der Waals surface area contributed by atoms with E-state index >= 15 is 0 Å². The smallest absolute Gasteiger partial charge is 0.171 e. The van der Waals surface area contributed by atoms with E-state index in [1.54, 1.807) is 0 Å². The molecule has 0 N–H and O–H groups in total. The minimum atomic E-state index is -4.28. The van der Waals surface area contributed by atoms with Crippen molar-refractivity contribution in [3.8, 4) is 0 Å². The molecule has 0 fully saturated rings. The van der Waals surface area contributed by atoms with Crippen LogP contribution in [0.2, 0.25) is 0 Å². The number of alkyl halides is 5. The Morgan fingerprint density at radius 1 is 1.20 bits per heavy atom. The molecule has 62 valence electrons. The Balaban J connectivity index is 3.89. The zero-order valence-corrected chi connectivity index (χ0v) is 6.82. The van der Waals surface area contributed by atoms with E-state index in [9.17, 15) is 13.2 Å². The van der Waals surface area contributed by atoms with Crippen LogP contribution < -0.4 is 0 Å². The van der Waals surface area contributed by atoms with Gasteiger partial charge in [-0.2, -0.15) is 13.2 Å². The van der Waals surface area contributed by atoms with Crippen LogP contribution in [0, 0.1) is 0 Å². The largest absolute Gasteiger partial charge is 0.391 e. The van der Waals surface area contributed by atoms with Crippen LogP contribution in [0.25, 0.3) is 0 Å². The van der Waals surface area contributed by atoms with Gasteiger partial charge in [-0.15, -0.1) is 23.2 Å². The molecule has 0 heterocycles. The third kappa shape index (κ3) is 5.18. The summed E-state index contributed by atoms with van der Waals surface area (Å²) in [6.45, 7) is 1.51. The fourth-order valence-electron chi connectivity index (χ4n) is 0.418. The Hall–Kier alpha value is 0.370. The molecular formula is C5H7Cl2F3. The van der Waals surface area contributed by atoms with Crippen LogP contribution in [0.15, 0.2) is 0 Å². The van der Waals surface area contributed by atoms with E-state index in [0.29, 0.717) is 0 Å². The van der Waals surface area contributed by atoms with Gasteiger partial charge in [-0.05, 0) is 6.42 Å². The summed E-state index contributed by atoms with van der Waals surface area (Å²) in [6.07, 6.45) is -5.34. The van der Waals surface area contributed by atoms with Gasteiger partial charge >= 0.3 is 6.18 Å². The second-order valence-electron chi connectivity index (χ2n) is 2.00. The summed E-state index contributed by atoms with van der Waals surface area (Å²) in [7, 11) is 0. The lowest BCUT2D eigenvalue weighted by molar-refractivity contribution is -0.136. The van der Waals surface area contributed by atoms with E-state index in [0.717, 1.165) is 0 Å². The molecule has 0 aliphatic rings. The van der Waals surface area contributed by atoms with Gasteiger partial charge in [0.1, 0.15) is 4.33 Å². The van der Waals surface area contributed by atoms with Crippen molar-refractivity contribution in [2.45, 2.75) is 30.3 Å². The predicted octanol–water partition coefficient (Wildman–Crippen LogP) is 3.52. The summed E-state index contributed by atoms with van der Waals surface area (Å²) in [5.74, 6) is 0. The predicted molar refractivity (Wildman–Crippen MR) is 35.4 cm³/mol. The Morgan fingerprint density at radius 3 is 1.70 bits per heavy atom. The summed E-state index contributed by atoms with van der Waals surface area (Å²) >= 11 is 10.5. The molecule has 0 aromatic heterocycles. The minimum Gasteiger partial charge on any atom is -0.171 e. The first-order chi connectivity index (χ1) is 4.27. The maximum Gasteiger partial charge on any atom is 0.391 e. The molecule has 0 aliphatic carbocycles. The van der Waals surface area contributed by atoms with Gasteiger partial charge in [0.2, 0.25) is 0 Å². The molecule has 10 heavy (non-hydrogen) atoms. The second kappa shape index (κ2) is 3.18. The molecule has 0 atom stereocenters. The summed E-state index contributed by atoms with van der Waals surface area (Å²) < 4.78 is 33.1. The third-order valence-electron chi connectivity index (χ3n) is 0.976. The Bertz CT molecular complexity index is 108. The number of rotatable bonds is 2. The lowest BCUT2D eigenvalue weighted by atomic mass is 10.2. The van der Waals surface area contributed by atoms with Crippen LogP contribution >= 0.6 is 23.2 Å². The van der Waals surface area contributed by atoms with Crippen molar-refractivity contribution in [1.82, 2.24) is 0 Å². The van der Waals surface area contributed by atoms with E-state index in [1.807, 2.05) is 0 Å². The standard InChI is InChI=1S/C5H7Cl2F3/c1-2-4(6,7)3-5(8,9)10/h2-3H2,1H3. The van der Waals surface area contributed by atoms with Gasteiger partial charge in [-0.3, -0.25) is 0 Å². The lowest BCUT2D eigenvalue weighted by Crippen LogP contribution is -2.22. The van der Waals surface area contributed by atoms with E-state index < -0.39 is 16.9 Å². The highest BCUT2D eigenvalue weighted by Crippen LogP contribution is 2.37. The molecule has 0 spiro atoms. The van der Waals surface area contributed by atoms with E-state index in [4.69, 9.17) is 23.2 Å². The van der Waals surface area contributed by atoms with Gasteiger partial charge < -0.3 is 0 Å². The average Bonchev–Trinajstić information content (AvgIpc) is 1.60. The van der Waals surface area contributed by atoms with Gasteiger partial charge in [0, 0.05) is 0 Å². The first-order valence-corrected chi connectivity index (χ1v) is 3.47. The first kappa shape index (κ1) is 10.4. The van der Waals surface area contributed by atoms with E-state index in [2.05, 4.69) is 0 Å². The van der Waals surface area contributed by atoms with Gasteiger partial charge in [-0.25, -0.2) is 0 Å². The van der Waals surface area contributed by atoms with Crippen molar-refractivity contribution < 1.29 is 13.2 Å². The number of hydrogen-bond acceptors (Lipinski definition) is 0. The van der Waals surface area contributed by atoms with Crippen LogP contribution in [0.4, 0.5) is 13.2 Å². The second-order valence-corrected chi connectivity index (χ2v) is 3.64. The summed E-state index contributed by atoms with van der Waals surface area (Å²) in [4.78, 5) is 0. The van der Waals surface area contributed by atoms with Crippen molar-refractivity contribution in [3.63, 3.8) is 0 Å². The monoisotopic (exact) mass is 194 g/mol. The van der Waals surface area contributed by atoms with Crippen molar-refractivity contribution in [3.05, 3.63) is 0 Å². The summed E-state index contributed by atoms with van der Waals surface area (Å²) in [6, 6.07) is 0. The van der Waals surface area contributed by atoms with Crippen LogP contribution in [0.3, 0.4) is 0 Å². The highest BCUT2D eigenvalue weighted by atomic mass is 35.5. The molecule has 0 aromatic rings. The fourth-order valence-corrected chi connectivity index (χ4v) is 0.721. The minimum absolute atomic E-state index is 0.0929. The molecule has 5 heteroatoms. The molecular weight excluding hydrogens is 188 g/mol. The van der Waals surface area contributed by atoms with Gasteiger partial charge in [0.05, 0.1) is 6.42 Å². The van der Waals surface area contributed by atoms with Crippen LogP contribution in [-0.4, -0.2) is 10.5 Å². The Kier molecular flexibility index (Phi) is 3.30. The molecule has 0 unspecified atom stereocenters. The zero-order chi connectivity index (χ0) is 8.41. The maximum atomic E-state index is 11.6. The molecule has 0 saturated carbocycles. The highest BCUT2D eigenvalue weighted by Gasteiger charge is 2.38. The molecule has 0 radical (unpaired) electrons. The maximum absolute atomic E-state index is 11.6. The molecule has 0 nitrogen and oxygen atoms in total. The van der Waals surface area contributed by atoms with Crippen molar-refractivity contribution in [1.29, 1.82) is 0 Å². The third-order valence-corrected chi connectivity index (χ3v) is 1.78. The lowest BCUT2D eigenvalue weighted by Gasteiger charge is -2.18. The first-order valence-electron chi connectivity index (χ1n) is 2.71. The SMILES string of the molecule is CCC(Cl)(Cl)CC(F)(F)F. The molecule has 0 amide bonds. The van der Waals surface area contributed by atoms with E-state index in [1.165, 1.54) is 6.92 Å². The quantitative estimate of drug-likeness (QED) is 0.591.